The van der Waals surface area contributed by atoms with Crippen molar-refractivity contribution in [1.82, 2.24) is 14.9 Å². The standard InChI is InChI=1S/C24H22BrF2N3O/c25-18-3-1-2-17(13-18)24(8-9-24)23(31)30-10-6-15(7-11-30)22-28-14-21(29-22)16-4-5-19(26)20(27)12-16/h1-5,12-15H,6-11H2,(H,28,29). The third kappa shape index (κ3) is 3.80. The molecule has 1 saturated heterocycles. The monoisotopic (exact) mass is 485 g/mol. The number of aromatic amines is 1. The summed E-state index contributed by atoms with van der Waals surface area (Å²) in [4.78, 5) is 23.0. The molecule has 160 valence electrons. The SMILES string of the molecule is O=C(N1CCC(c2ncc(-c3ccc(F)c(F)c3)[nH]2)CC1)C1(c2cccc(Br)c2)CC1. The van der Waals surface area contributed by atoms with Crippen LogP contribution in [-0.2, 0) is 10.2 Å². The summed E-state index contributed by atoms with van der Waals surface area (Å²) in [6, 6.07) is 11.9. The van der Waals surface area contributed by atoms with E-state index in [9.17, 15) is 13.6 Å². The van der Waals surface area contributed by atoms with Crippen LogP contribution in [0.4, 0.5) is 8.78 Å². The summed E-state index contributed by atoms with van der Waals surface area (Å²) >= 11 is 3.51. The number of piperidine rings is 1. The number of hydrogen-bond acceptors (Lipinski definition) is 2. The van der Waals surface area contributed by atoms with Gasteiger partial charge in [-0.1, -0.05) is 28.1 Å². The molecule has 2 aromatic carbocycles. The average Bonchev–Trinajstić information content (AvgIpc) is 3.45. The van der Waals surface area contributed by atoms with E-state index in [1.165, 1.54) is 12.1 Å². The van der Waals surface area contributed by atoms with E-state index >= 15 is 0 Å². The van der Waals surface area contributed by atoms with E-state index in [0.29, 0.717) is 24.3 Å². The van der Waals surface area contributed by atoms with Crippen LogP contribution in [-0.4, -0.2) is 33.9 Å². The first-order valence-corrected chi connectivity index (χ1v) is 11.3. The molecule has 0 unspecified atom stereocenters. The van der Waals surface area contributed by atoms with Crippen molar-refractivity contribution in [3.63, 3.8) is 0 Å². The Morgan fingerprint density at radius 1 is 1.10 bits per heavy atom. The van der Waals surface area contributed by atoms with Crippen LogP contribution in [0.1, 0.15) is 43.0 Å². The molecule has 2 fully saturated rings. The molecule has 7 heteroatoms. The number of hydrogen-bond donors (Lipinski definition) is 1. The van der Waals surface area contributed by atoms with Crippen molar-refractivity contribution in [2.24, 2.45) is 0 Å². The van der Waals surface area contributed by atoms with Crippen molar-refractivity contribution in [2.75, 3.05) is 13.1 Å². The zero-order valence-corrected chi connectivity index (χ0v) is 18.5. The Hall–Kier alpha value is -2.54. The number of carbonyl (C=O) groups excluding carboxylic acids is 1. The minimum Gasteiger partial charge on any atom is -0.342 e. The Balaban J connectivity index is 1.25. The van der Waals surface area contributed by atoms with Gasteiger partial charge in [-0.2, -0.15) is 0 Å². The molecule has 0 spiro atoms. The summed E-state index contributed by atoms with van der Waals surface area (Å²) in [5.74, 6) is -0.466. The lowest BCUT2D eigenvalue weighted by Gasteiger charge is -2.34. The number of H-pyrrole nitrogens is 1. The summed E-state index contributed by atoms with van der Waals surface area (Å²) in [6.07, 6.45) is 5.11. The predicted molar refractivity (Wildman–Crippen MR) is 118 cm³/mol. The van der Waals surface area contributed by atoms with E-state index in [0.717, 1.165) is 47.6 Å². The number of aromatic nitrogens is 2. The highest BCUT2D eigenvalue weighted by atomic mass is 79.9. The van der Waals surface area contributed by atoms with Gasteiger partial charge in [0.2, 0.25) is 5.91 Å². The number of imidazole rings is 1. The summed E-state index contributed by atoms with van der Waals surface area (Å²) in [5, 5.41) is 0. The first-order valence-electron chi connectivity index (χ1n) is 10.5. The molecule has 31 heavy (non-hydrogen) atoms. The fourth-order valence-corrected chi connectivity index (χ4v) is 4.95. The molecule has 1 saturated carbocycles. The fraction of sp³-hybridized carbons (Fsp3) is 0.333. The van der Waals surface area contributed by atoms with Gasteiger partial charge in [0.05, 0.1) is 17.3 Å². The van der Waals surface area contributed by atoms with Gasteiger partial charge in [-0.05, 0) is 61.6 Å². The van der Waals surface area contributed by atoms with Gasteiger partial charge in [-0.3, -0.25) is 4.79 Å². The highest BCUT2D eigenvalue weighted by molar-refractivity contribution is 9.10. The lowest BCUT2D eigenvalue weighted by Crippen LogP contribution is -2.43. The number of benzene rings is 2. The summed E-state index contributed by atoms with van der Waals surface area (Å²) < 4.78 is 27.7. The molecule has 2 aliphatic rings. The summed E-state index contributed by atoms with van der Waals surface area (Å²) in [6.45, 7) is 1.39. The highest BCUT2D eigenvalue weighted by Crippen LogP contribution is 2.50. The number of nitrogens with zero attached hydrogens (tertiary/aromatic N) is 2. The van der Waals surface area contributed by atoms with Gasteiger partial charge in [0.25, 0.3) is 0 Å². The Kier molecular flexibility index (Phi) is 5.16. The van der Waals surface area contributed by atoms with E-state index in [1.54, 1.807) is 6.20 Å². The molecule has 0 atom stereocenters. The van der Waals surface area contributed by atoms with Gasteiger partial charge in [-0.25, -0.2) is 13.8 Å². The molecule has 1 amide bonds. The van der Waals surface area contributed by atoms with Gasteiger partial charge in [0.1, 0.15) is 5.82 Å². The third-order valence-corrected chi connectivity index (χ3v) is 7.02. The van der Waals surface area contributed by atoms with Crippen molar-refractivity contribution < 1.29 is 13.6 Å². The van der Waals surface area contributed by atoms with E-state index < -0.39 is 11.6 Å². The highest BCUT2D eigenvalue weighted by Gasteiger charge is 2.53. The van der Waals surface area contributed by atoms with Crippen LogP contribution < -0.4 is 0 Å². The number of amides is 1. The molecule has 5 rings (SSSR count). The smallest absolute Gasteiger partial charge is 0.233 e. The van der Waals surface area contributed by atoms with E-state index in [1.807, 2.05) is 23.1 Å². The second-order valence-corrected chi connectivity index (χ2v) is 9.39. The second kappa shape index (κ2) is 7.86. The zero-order chi connectivity index (χ0) is 21.6. The van der Waals surface area contributed by atoms with Gasteiger partial charge in [0.15, 0.2) is 11.6 Å². The van der Waals surface area contributed by atoms with Crippen LogP contribution >= 0.6 is 15.9 Å². The Bertz CT molecular complexity index is 1130. The minimum atomic E-state index is -0.875. The minimum absolute atomic E-state index is 0.212. The number of nitrogens with one attached hydrogen (secondary N) is 1. The zero-order valence-electron chi connectivity index (χ0n) is 16.9. The topological polar surface area (TPSA) is 49.0 Å². The van der Waals surface area contributed by atoms with Crippen LogP contribution in [0.25, 0.3) is 11.3 Å². The van der Waals surface area contributed by atoms with Gasteiger partial charge < -0.3 is 9.88 Å². The van der Waals surface area contributed by atoms with Gasteiger partial charge >= 0.3 is 0 Å². The largest absolute Gasteiger partial charge is 0.342 e. The molecule has 2 heterocycles. The Morgan fingerprint density at radius 3 is 2.55 bits per heavy atom. The molecule has 0 radical (unpaired) electrons. The third-order valence-electron chi connectivity index (χ3n) is 6.53. The number of carbonyl (C=O) groups is 1. The molecule has 0 bridgehead atoms. The maximum Gasteiger partial charge on any atom is 0.233 e. The summed E-state index contributed by atoms with van der Waals surface area (Å²) in [7, 11) is 0. The molecule has 1 aliphatic carbocycles. The van der Waals surface area contributed by atoms with Crippen LogP contribution in [0.3, 0.4) is 0 Å². The van der Waals surface area contributed by atoms with E-state index in [4.69, 9.17) is 0 Å². The predicted octanol–water partition coefficient (Wildman–Crippen LogP) is 5.56. The Morgan fingerprint density at radius 2 is 1.87 bits per heavy atom. The quantitative estimate of drug-likeness (QED) is 0.526. The van der Waals surface area contributed by atoms with Crippen molar-refractivity contribution >= 4 is 21.8 Å². The van der Waals surface area contributed by atoms with Crippen molar-refractivity contribution in [3.05, 3.63) is 76.2 Å². The molecule has 1 aromatic heterocycles. The lowest BCUT2D eigenvalue weighted by molar-refractivity contribution is -0.135. The Labute approximate surface area is 187 Å². The first-order chi connectivity index (χ1) is 15.0. The fourth-order valence-electron chi connectivity index (χ4n) is 4.55. The maximum atomic E-state index is 13.5. The number of halogens is 3. The van der Waals surface area contributed by atoms with E-state index in [-0.39, 0.29) is 17.2 Å². The van der Waals surface area contributed by atoms with Gasteiger partial charge in [0, 0.05) is 29.0 Å². The maximum absolute atomic E-state index is 13.5. The van der Waals surface area contributed by atoms with Crippen molar-refractivity contribution in [3.8, 4) is 11.3 Å². The van der Waals surface area contributed by atoms with Crippen LogP contribution in [0.15, 0.2) is 53.1 Å². The number of likely N-dealkylation sites (tertiary alicyclic amines) is 1. The average molecular weight is 486 g/mol. The van der Waals surface area contributed by atoms with Crippen LogP contribution in [0.5, 0.6) is 0 Å². The van der Waals surface area contributed by atoms with E-state index in [2.05, 4.69) is 32.0 Å². The van der Waals surface area contributed by atoms with Crippen LogP contribution in [0, 0.1) is 11.6 Å². The van der Waals surface area contributed by atoms with Gasteiger partial charge in [-0.15, -0.1) is 0 Å². The second-order valence-electron chi connectivity index (χ2n) is 8.47. The van der Waals surface area contributed by atoms with Crippen molar-refractivity contribution in [2.45, 2.75) is 37.0 Å². The molecule has 1 aliphatic heterocycles. The van der Waals surface area contributed by atoms with Crippen LogP contribution in [0.2, 0.25) is 0 Å². The first kappa shape index (κ1) is 20.4. The summed E-state index contributed by atoms with van der Waals surface area (Å²) in [5.41, 5.74) is 1.96. The molecule has 4 nitrogen and oxygen atoms in total. The van der Waals surface area contributed by atoms with Crippen molar-refractivity contribution in [1.29, 1.82) is 0 Å². The molecular weight excluding hydrogens is 464 g/mol. The number of rotatable bonds is 4. The molecule has 1 N–H and O–H groups in total. The lowest BCUT2D eigenvalue weighted by atomic mass is 9.91. The normalized spacial score (nSPS) is 18.2. The molecule has 3 aromatic rings. The molecular formula is C24H22BrF2N3O.